The molecule has 2 aromatic heterocycles. The minimum Gasteiger partial charge on any atom is -0.286 e. The van der Waals surface area contributed by atoms with Crippen LogP contribution in [-0.4, -0.2) is 48.4 Å². The van der Waals surface area contributed by atoms with E-state index >= 15 is 0 Å². The standard InChI is InChI=1S/C22H16N2.2CH4O3S/c1-3-11-19(21-13-5-7-15-23-21)17(9-1)18-10-2-4-12-20(18)22-14-6-8-16-24-22;2*1-5(2,3)4/h1-16H;2*1H3,(H,2,3,4). The second kappa shape index (κ2) is 12.1. The molecule has 0 atom stereocenters. The summed E-state index contributed by atoms with van der Waals surface area (Å²) in [7, 11) is -7.33. The van der Waals surface area contributed by atoms with Gasteiger partial charge in [0, 0.05) is 23.5 Å². The molecule has 0 spiro atoms. The minimum absolute atomic E-state index is 0.715. The first kappa shape index (κ1) is 26.8. The Bertz CT molecular complexity index is 1280. The van der Waals surface area contributed by atoms with Crippen molar-refractivity contribution in [2.75, 3.05) is 12.5 Å². The summed E-state index contributed by atoms with van der Waals surface area (Å²) < 4.78 is 51.7. The molecule has 10 heteroatoms. The van der Waals surface area contributed by atoms with E-state index < -0.39 is 20.2 Å². The van der Waals surface area contributed by atoms with Crippen molar-refractivity contribution in [2.24, 2.45) is 0 Å². The highest BCUT2D eigenvalue weighted by Crippen LogP contribution is 2.36. The van der Waals surface area contributed by atoms with E-state index in [1.807, 2.05) is 48.8 Å². The fourth-order valence-corrected chi connectivity index (χ4v) is 2.93. The third kappa shape index (κ3) is 10.0. The summed E-state index contributed by atoms with van der Waals surface area (Å²) in [5, 5.41) is 0. The van der Waals surface area contributed by atoms with E-state index in [2.05, 4.69) is 58.5 Å². The molecule has 34 heavy (non-hydrogen) atoms. The van der Waals surface area contributed by atoms with Gasteiger partial charge in [0.15, 0.2) is 0 Å². The molecule has 4 aromatic rings. The number of benzene rings is 2. The zero-order valence-electron chi connectivity index (χ0n) is 18.5. The Labute approximate surface area is 199 Å². The molecule has 2 N–H and O–H groups in total. The molecule has 0 bridgehead atoms. The summed E-state index contributed by atoms with van der Waals surface area (Å²) in [6.07, 6.45) is 5.09. The monoisotopic (exact) mass is 500 g/mol. The predicted octanol–water partition coefficient (Wildman–Crippen LogP) is 4.49. The molecule has 0 unspecified atom stereocenters. The largest absolute Gasteiger partial charge is 0.286 e. The average Bonchev–Trinajstić information content (AvgIpc) is 2.78. The van der Waals surface area contributed by atoms with Gasteiger partial charge in [-0.1, -0.05) is 60.7 Å². The molecule has 2 aromatic carbocycles. The smallest absolute Gasteiger partial charge is 0.261 e. The van der Waals surface area contributed by atoms with Crippen LogP contribution in [0.3, 0.4) is 0 Å². The number of aromatic nitrogens is 2. The Kier molecular flexibility index (Phi) is 9.58. The maximum Gasteiger partial charge on any atom is 0.261 e. The van der Waals surface area contributed by atoms with Crippen LogP contribution in [0.25, 0.3) is 33.6 Å². The third-order valence-electron chi connectivity index (χ3n) is 4.03. The van der Waals surface area contributed by atoms with Crippen LogP contribution in [0.1, 0.15) is 0 Å². The Morgan fingerprint density at radius 1 is 0.500 bits per heavy atom. The van der Waals surface area contributed by atoms with Crippen LogP contribution >= 0.6 is 0 Å². The van der Waals surface area contributed by atoms with E-state index in [1.165, 1.54) is 0 Å². The van der Waals surface area contributed by atoms with Gasteiger partial charge in [0.25, 0.3) is 20.2 Å². The van der Waals surface area contributed by atoms with Crippen LogP contribution in [0.2, 0.25) is 0 Å². The topological polar surface area (TPSA) is 135 Å². The van der Waals surface area contributed by atoms with Crippen molar-refractivity contribution in [3.63, 3.8) is 0 Å². The molecule has 0 saturated heterocycles. The van der Waals surface area contributed by atoms with Gasteiger partial charge in [0.05, 0.1) is 23.9 Å². The van der Waals surface area contributed by atoms with Crippen LogP contribution < -0.4 is 0 Å². The van der Waals surface area contributed by atoms with Crippen LogP contribution in [0, 0.1) is 0 Å². The molecule has 2 heterocycles. The fraction of sp³-hybridized carbons (Fsp3) is 0.0833. The summed E-state index contributed by atoms with van der Waals surface area (Å²) in [5.41, 5.74) is 6.53. The maximum absolute atomic E-state index is 9.19. The number of rotatable bonds is 3. The van der Waals surface area contributed by atoms with E-state index in [1.54, 1.807) is 0 Å². The SMILES string of the molecule is CS(=O)(=O)O.CS(=O)(=O)O.c1ccc(-c2ccccc2-c2ccccc2-c2ccccn2)nc1. The molecule has 8 nitrogen and oxygen atoms in total. The molecule has 4 rings (SSSR count). The predicted molar refractivity (Wildman–Crippen MR) is 133 cm³/mol. The van der Waals surface area contributed by atoms with Crippen molar-refractivity contribution < 1.29 is 25.9 Å². The van der Waals surface area contributed by atoms with Crippen molar-refractivity contribution in [1.82, 2.24) is 9.97 Å². The van der Waals surface area contributed by atoms with Gasteiger partial charge in [-0.15, -0.1) is 0 Å². The number of hydrogen-bond acceptors (Lipinski definition) is 6. The first-order valence-electron chi connectivity index (χ1n) is 9.79. The van der Waals surface area contributed by atoms with Gasteiger partial charge in [-0.3, -0.25) is 19.1 Å². The quantitative estimate of drug-likeness (QED) is 0.393. The summed E-state index contributed by atoms with van der Waals surface area (Å²) >= 11 is 0. The molecular formula is C24H24N2O6S2. The van der Waals surface area contributed by atoms with Crippen molar-refractivity contribution in [3.8, 4) is 33.6 Å². The van der Waals surface area contributed by atoms with E-state index in [0.717, 1.165) is 33.6 Å². The lowest BCUT2D eigenvalue weighted by molar-refractivity contribution is 0.488. The molecular weight excluding hydrogens is 476 g/mol. The van der Waals surface area contributed by atoms with E-state index in [-0.39, 0.29) is 0 Å². The normalized spacial score (nSPS) is 10.8. The molecule has 0 aliphatic rings. The van der Waals surface area contributed by atoms with Crippen LogP contribution in [0.5, 0.6) is 0 Å². The molecule has 178 valence electrons. The fourth-order valence-electron chi connectivity index (χ4n) is 2.93. The molecule has 0 amide bonds. The zero-order chi connectivity index (χ0) is 25.2. The van der Waals surface area contributed by atoms with Crippen molar-refractivity contribution >= 4 is 20.2 Å². The van der Waals surface area contributed by atoms with Crippen LogP contribution in [0.15, 0.2) is 97.3 Å². The highest BCUT2D eigenvalue weighted by atomic mass is 32.2. The van der Waals surface area contributed by atoms with Crippen LogP contribution in [0.4, 0.5) is 0 Å². The summed E-state index contributed by atoms with van der Waals surface area (Å²) in [6, 6.07) is 28.8. The van der Waals surface area contributed by atoms with Gasteiger partial charge in [-0.25, -0.2) is 0 Å². The Hall–Kier alpha value is -3.44. The number of pyridine rings is 2. The maximum atomic E-state index is 9.19. The average molecular weight is 501 g/mol. The summed E-state index contributed by atoms with van der Waals surface area (Å²) in [4.78, 5) is 9.04. The number of nitrogens with zero attached hydrogens (tertiary/aromatic N) is 2. The lowest BCUT2D eigenvalue weighted by atomic mass is 9.92. The second-order valence-electron chi connectivity index (χ2n) is 6.99. The number of hydrogen-bond donors (Lipinski definition) is 2. The van der Waals surface area contributed by atoms with Crippen molar-refractivity contribution in [3.05, 3.63) is 97.3 Å². The van der Waals surface area contributed by atoms with E-state index in [0.29, 0.717) is 12.5 Å². The molecule has 0 aliphatic heterocycles. The van der Waals surface area contributed by atoms with E-state index in [4.69, 9.17) is 9.11 Å². The highest BCUT2D eigenvalue weighted by Gasteiger charge is 2.12. The first-order chi connectivity index (χ1) is 15.9. The summed E-state index contributed by atoms with van der Waals surface area (Å²) in [6.45, 7) is 0. The van der Waals surface area contributed by atoms with Crippen molar-refractivity contribution in [2.45, 2.75) is 0 Å². The molecule has 0 saturated carbocycles. The lowest BCUT2D eigenvalue weighted by Crippen LogP contribution is -1.91. The Morgan fingerprint density at radius 3 is 1.03 bits per heavy atom. The van der Waals surface area contributed by atoms with Gasteiger partial charge in [0.1, 0.15) is 0 Å². The zero-order valence-corrected chi connectivity index (χ0v) is 20.1. The van der Waals surface area contributed by atoms with Gasteiger partial charge in [-0.2, -0.15) is 16.8 Å². The molecule has 0 aliphatic carbocycles. The van der Waals surface area contributed by atoms with Crippen LogP contribution in [-0.2, 0) is 20.2 Å². The first-order valence-corrected chi connectivity index (χ1v) is 13.5. The van der Waals surface area contributed by atoms with Gasteiger partial charge in [0.2, 0.25) is 0 Å². The Balaban J connectivity index is 0.000000347. The Morgan fingerprint density at radius 2 is 0.765 bits per heavy atom. The second-order valence-corrected chi connectivity index (χ2v) is 9.92. The van der Waals surface area contributed by atoms with Crippen molar-refractivity contribution in [1.29, 1.82) is 0 Å². The summed E-state index contributed by atoms with van der Waals surface area (Å²) in [5.74, 6) is 0. The molecule has 0 radical (unpaired) electrons. The minimum atomic E-state index is -3.67. The third-order valence-corrected chi connectivity index (χ3v) is 4.03. The van der Waals surface area contributed by atoms with Gasteiger partial charge >= 0.3 is 0 Å². The van der Waals surface area contributed by atoms with Gasteiger partial charge < -0.3 is 0 Å². The van der Waals surface area contributed by atoms with E-state index in [9.17, 15) is 16.8 Å². The van der Waals surface area contributed by atoms with Gasteiger partial charge in [-0.05, 0) is 35.4 Å². The lowest BCUT2D eigenvalue weighted by Gasteiger charge is -2.13. The highest BCUT2D eigenvalue weighted by molar-refractivity contribution is 7.85. The molecule has 0 fully saturated rings.